The van der Waals surface area contributed by atoms with Crippen molar-refractivity contribution < 1.29 is 9.53 Å². The van der Waals surface area contributed by atoms with Crippen molar-refractivity contribution in [2.24, 2.45) is 0 Å². The molecule has 0 amide bonds. The summed E-state index contributed by atoms with van der Waals surface area (Å²) in [7, 11) is 0. The van der Waals surface area contributed by atoms with E-state index in [-0.39, 0.29) is 5.97 Å². The van der Waals surface area contributed by atoms with Crippen molar-refractivity contribution in [1.29, 1.82) is 0 Å². The van der Waals surface area contributed by atoms with Crippen LogP contribution in [0.25, 0.3) is 0 Å². The van der Waals surface area contributed by atoms with Crippen molar-refractivity contribution in [3.8, 4) is 0 Å². The van der Waals surface area contributed by atoms with Gasteiger partial charge in [0.15, 0.2) is 0 Å². The van der Waals surface area contributed by atoms with Gasteiger partial charge in [0.25, 0.3) is 0 Å². The van der Waals surface area contributed by atoms with E-state index in [2.05, 4.69) is 11.3 Å². The highest BCUT2D eigenvalue weighted by molar-refractivity contribution is 5.95. The van der Waals surface area contributed by atoms with Crippen molar-refractivity contribution in [2.45, 2.75) is 6.92 Å². The average molecular weight is 124 g/mol. The fourth-order valence-electron chi connectivity index (χ4n) is 0.706. The van der Waals surface area contributed by atoms with Crippen molar-refractivity contribution in [3.05, 3.63) is 23.8 Å². The molecule has 0 aliphatic carbocycles. The van der Waals surface area contributed by atoms with Gasteiger partial charge >= 0.3 is 5.97 Å². The lowest BCUT2D eigenvalue weighted by atomic mass is 10.1. The Morgan fingerprint density at radius 1 is 1.78 bits per heavy atom. The van der Waals surface area contributed by atoms with Gasteiger partial charge in [-0.1, -0.05) is 12.7 Å². The normalized spacial score (nSPS) is 23.0. The molecule has 1 saturated heterocycles. The summed E-state index contributed by atoms with van der Waals surface area (Å²) in [6.45, 7) is 5.81. The number of ether oxygens (including phenoxy) is 1. The third-order valence-corrected chi connectivity index (χ3v) is 1.34. The van der Waals surface area contributed by atoms with Crippen LogP contribution in [0.2, 0.25) is 0 Å². The fourth-order valence-corrected chi connectivity index (χ4v) is 0.706. The summed E-state index contributed by atoms with van der Waals surface area (Å²) in [5.41, 5.74) is 1.40. The number of rotatable bonds is 0. The van der Waals surface area contributed by atoms with Gasteiger partial charge in [-0.05, 0) is 12.5 Å². The van der Waals surface area contributed by atoms with E-state index in [9.17, 15) is 4.79 Å². The first kappa shape index (κ1) is 6.08. The summed E-state index contributed by atoms with van der Waals surface area (Å²) in [6, 6.07) is 0. The monoisotopic (exact) mass is 124 g/mol. The van der Waals surface area contributed by atoms with Gasteiger partial charge in [0.1, 0.15) is 6.61 Å². The number of carbonyl (C=O) groups excluding carboxylic acids is 1. The zero-order valence-corrected chi connectivity index (χ0v) is 5.31. The minimum atomic E-state index is -0.289. The van der Waals surface area contributed by atoms with Crippen LogP contribution in [0.1, 0.15) is 6.92 Å². The maximum Gasteiger partial charge on any atom is 0.338 e. The fraction of sp³-hybridized carbons (Fsp3) is 0.286. The van der Waals surface area contributed by atoms with Gasteiger partial charge in [0.05, 0.1) is 5.57 Å². The minimum absolute atomic E-state index is 0.289. The summed E-state index contributed by atoms with van der Waals surface area (Å²) >= 11 is 0. The maximum atomic E-state index is 10.6. The molecule has 1 heterocycles. The molecule has 48 valence electrons. The molecule has 1 aliphatic rings. The molecule has 0 atom stereocenters. The average Bonchev–Trinajstić information content (AvgIpc) is 2.15. The molecule has 0 aromatic rings. The van der Waals surface area contributed by atoms with E-state index in [4.69, 9.17) is 0 Å². The third-order valence-electron chi connectivity index (χ3n) is 1.34. The molecule has 2 nitrogen and oxygen atoms in total. The van der Waals surface area contributed by atoms with E-state index in [1.165, 1.54) is 0 Å². The molecule has 1 aliphatic heterocycles. The summed E-state index contributed by atoms with van der Waals surface area (Å²) in [5, 5.41) is 0. The standard InChI is InChI=1S/C7H8O2/c1-3-6-4-9-7(8)5(6)2/h3H,2,4H2,1H3. The Hall–Kier alpha value is -1.05. The highest BCUT2D eigenvalue weighted by Gasteiger charge is 2.20. The Morgan fingerprint density at radius 2 is 2.44 bits per heavy atom. The first-order valence-electron chi connectivity index (χ1n) is 2.77. The Balaban J connectivity index is 2.86. The number of hydrogen-bond acceptors (Lipinski definition) is 2. The van der Waals surface area contributed by atoms with Crippen LogP contribution in [0, 0.1) is 0 Å². The molecular formula is C7H8O2. The number of carbonyl (C=O) groups is 1. The largest absolute Gasteiger partial charge is 0.457 e. The predicted molar refractivity (Wildman–Crippen MR) is 33.9 cm³/mol. The molecule has 0 N–H and O–H groups in total. The highest BCUT2D eigenvalue weighted by Crippen LogP contribution is 2.17. The molecule has 1 rings (SSSR count). The van der Waals surface area contributed by atoms with Crippen LogP contribution >= 0.6 is 0 Å². The second kappa shape index (κ2) is 2.05. The third kappa shape index (κ3) is 0.875. The van der Waals surface area contributed by atoms with Crippen molar-refractivity contribution in [3.63, 3.8) is 0 Å². The van der Waals surface area contributed by atoms with Crippen molar-refractivity contribution in [1.82, 2.24) is 0 Å². The van der Waals surface area contributed by atoms with Crippen LogP contribution < -0.4 is 0 Å². The topological polar surface area (TPSA) is 26.3 Å². The number of hydrogen-bond donors (Lipinski definition) is 0. The van der Waals surface area contributed by atoms with E-state index in [1.807, 2.05) is 13.0 Å². The molecular weight excluding hydrogens is 116 g/mol. The smallest absolute Gasteiger partial charge is 0.338 e. The maximum absolute atomic E-state index is 10.6. The predicted octanol–water partition coefficient (Wildman–Crippen LogP) is 1.05. The van der Waals surface area contributed by atoms with Crippen LogP contribution in [0.5, 0.6) is 0 Å². The van der Waals surface area contributed by atoms with E-state index in [0.29, 0.717) is 12.2 Å². The van der Waals surface area contributed by atoms with Gasteiger partial charge in [-0.15, -0.1) is 0 Å². The quantitative estimate of drug-likeness (QED) is 0.356. The number of esters is 1. The second-order valence-electron chi connectivity index (χ2n) is 1.87. The molecule has 0 aromatic carbocycles. The lowest BCUT2D eigenvalue weighted by Gasteiger charge is -1.85. The molecule has 0 bridgehead atoms. The molecule has 0 unspecified atom stereocenters. The van der Waals surface area contributed by atoms with Crippen LogP contribution in [0.15, 0.2) is 23.8 Å². The van der Waals surface area contributed by atoms with Crippen LogP contribution in [0.4, 0.5) is 0 Å². The zero-order valence-electron chi connectivity index (χ0n) is 5.31. The van der Waals surface area contributed by atoms with E-state index >= 15 is 0 Å². The Bertz CT molecular complexity index is 189. The van der Waals surface area contributed by atoms with Gasteiger partial charge in [-0.3, -0.25) is 0 Å². The highest BCUT2D eigenvalue weighted by atomic mass is 16.5. The van der Waals surface area contributed by atoms with E-state index in [1.54, 1.807) is 0 Å². The lowest BCUT2D eigenvalue weighted by molar-refractivity contribution is -0.134. The molecule has 9 heavy (non-hydrogen) atoms. The van der Waals surface area contributed by atoms with E-state index < -0.39 is 0 Å². The van der Waals surface area contributed by atoms with Gasteiger partial charge < -0.3 is 4.74 Å². The second-order valence-corrected chi connectivity index (χ2v) is 1.87. The molecule has 1 fully saturated rings. The number of allylic oxidation sites excluding steroid dienone is 1. The summed E-state index contributed by atoms with van der Waals surface area (Å²) < 4.78 is 4.66. The van der Waals surface area contributed by atoms with Crippen LogP contribution in [-0.4, -0.2) is 12.6 Å². The zero-order chi connectivity index (χ0) is 6.85. The van der Waals surface area contributed by atoms with Gasteiger partial charge in [-0.25, -0.2) is 4.79 Å². The Labute approximate surface area is 53.8 Å². The molecule has 0 saturated carbocycles. The minimum Gasteiger partial charge on any atom is -0.457 e. The lowest BCUT2D eigenvalue weighted by Crippen LogP contribution is -1.92. The SMILES string of the molecule is C=C1C(=O)OCC1=CC. The summed E-state index contributed by atoms with van der Waals surface area (Å²) in [6.07, 6.45) is 1.84. The first-order valence-corrected chi connectivity index (χ1v) is 2.77. The van der Waals surface area contributed by atoms with Crippen LogP contribution in [0.3, 0.4) is 0 Å². The molecule has 2 heteroatoms. The molecule has 0 spiro atoms. The first-order chi connectivity index (χ1) is 4.25. The molecule has 0 aromatic heterocycles. The van der Waals surface area contributed by atoms with Crippen molar-refractivity contribution in [2.75, 3.05) is 6.61 Å². The summed E-state index contributed by atoms with van der Waals surface area (Å²) in [5.74, 6) is -0.289. The van der Waals surface area contributed by atoms with Gasteiger partial charge in [0, 0.05) is 0 Å². The summed E-state index contributed by atoms with van der Waals surface area (Å²) in [4.78, 5) is 10.6. The molecule has 0 radical (unpaired) electrons. The van der Waals surface area contributed by atoms with Crippen molar-refractivity contribution >= 4 is 5.97 Å². The number of cyclic esters (lactones) is 1. The van der Waals surface area contributed by atoms with Crippen LogP contribution in [-0.2, 0) is 9.53 Å². The Kier molecular flexibility index (Phi) is 1.39. The Morgan fingerprint density at radius 3 is 2.67 bits per heavy atom. The van der Waals surface area contributed by atoms with Gasteiger partial charge in [0.2, 0.25) is 0 Å². The van der Waals surface area contributed by atoms with Gasteiger partial charge in [-0.2, -0.15) is 0 Å². The van der Waals surface area contributed by atoms with E-state index in [0.717, 1.165) is 5.57 Å².